The number of morpholine rings is 1. The van der Waals surface area contributed by atoms with Crippen LogP contribution in [0.3, 0.4) is 0 Å². The Labute approximate surface area is 178 Å². The summed E-state index contributed by atoms with van der Waals surface area (Å²) < 4.78 is 38.6. The van der Waals surface area contributed by atoms with E-state index in [0.29, 0.717) is 44.9 Å². The molecule has 2 aliphatic heterocycles. The van der Waals surface area contributed by atoms with E-state index < -0.39 is 10.0 Å². The highest BCUT2D eigenvalue weighted by molar-refractivity contribution is 9.10. The lowest BCUT2D eigenvalue weighted by Crippen LogP contribution is -2.40. The third kappa shape index (κ3) is 4.32. The summed E-state index contributed by atoms with van der Waals surface area (Å²) in [4.78, 5) is 12.9. The van der Waals surface area contributed by atoms with Crippen molar-refractivity contribution >= 4 is 31.9 Å². The number of rotatable bonds is 4. The summed E-state index contributed by atoms with van der Waals surface area (Å²) in [5.41, 5.74) is 1.33. The van der Waals surface area contributed by atoms with Gasteiger partial charge in [0, 0.05) is 35.1 Å². The molecule has 0 aromatic heterocycles. The molecule has 2 heterocycles. The zero-order chi connectivity index (χ0) is 20.4. The molecule has 2 aliphatic rings. The Kier molecular flexibility index (Phi) is 5.91. The number of nitrogens with zero attached hydrogens (tertiary/aromatic N) is 1. The minimum atomic E-state index is -3.58. The van der Waals surface area contributed by atoms with Crippen LogP contribution in [0.5, 0.6) is 5.75 Å². The van der Waals surface area contributed by atoms with E-state index in [9.17, 15) is 13.2 Å². The van der Waals surface area contributed by atoms with E-state index in [-0.39, 0.29) is 16.8 Å². The monoisotopic (exact) mass is 480 g/mol. The molecule has 0 radical (unpaired) electrons. The first-order valence-electron chi connectivity index (χ1n) is 9.36. The zero-order valence-electron chi connectivity index (χ0n) is 15.6. The van der Waals surface area contributed by atoms with Crippen molar-refractivity contribution < 1.29 is 22.7 Å². The number of ether oxygens (including phenoxy) is 2. The quantitative estimate of drug-likeness (QED) is 0.726. The van der Waals surface area contributed by atoms with Crippen molar-refractivity contribution in [2.75, 3.05) is 32.9 Å². The second-order valence-corrected chi connectivity index (χ2v) is 9.74. The molecule has 4 rings (SSSR count). The van der Waals surface area contributed by atoms with Crippen LogP contribution >= 0.6 is 15.9 Å². The van der Waals surface area contributed by atoms with Crippen LogP contribution in [0.2, 0.25) is 0 Å². The van der Waals surface area contributed by atoms with Crippen LogP contribution in [0.1, 0.15) is 28.4 Å². The summed E-state index contributed by atoms with van der Waals surface area (Å²) in [6.45, 7) is 1.98. The van der Waals surface area contributed by atoms with E-state index in [1.165, 1.54) is 16.4 Å². The predicted octanol–water partition coefficient (Wildman–Crippen LogP) is 2.72. The maximum Gasteiger partial charge on any atom is 0.251 e. The van der Waals surface area contributed by atoms with Gasteiger partial charge in [0.1, 0.15) is 5.75 Å². The van der Waals surface area contributed by atoms with E-state index in [2.05, 4.69) is 21.2 Å². The first-order valence-corrected chi connectivity index (χ1v) is 11.6. The maximum absolute atomic E-state index is 12.7. The molecule has 1 unspecified atom stereocenters. The first kappa shape index (κ1) is 20.3. The molecule has 1 atom stereocenters. The Bertz CT molecular complexity index is 1000. The van der Waals surface area contributed by atoms with Crippen molar-refractivity contribution in [3.63, 3.8) is 0 Å². The number of carbonyl (C=O) groups is 1. The highest BCUT2D eigenvalue weighted by Crippen LogP contribution is 2.34. The summed E-state index contributed by atoms with van der Waals surface area (Å²) in [7, 11) is -3.58. The summed E-state index contributed by atoms with van der Waals surface area (Å²) >= 11 is 3.45. The second-order valence-electron chi connectivity index (χ2n) is 6.89. The van der Waals surface area contributed by atoms with Gasteiger partial charge in [0.25, 0.3) is 5.91 Å². The molecule has 0 aliphatic carbocycles. The molecule has 0 saturated carbocycles. The average Bonchev–Trinajstić information content (AvgIpc) is 2.75. The smallest absolute Gasteiger partial charge is 0.251 e. The van der Waals surface area contributed by atoms with Crippen LogP contribution in [0, 0.1) is 0 Å². The van der Waals surface area contributed by atoms with E-state index in [4.69, 9.17) is 9.47 Å². The Balaban J connectivity index is 1.49. The molecule has 9 heteroatoms. The van der Waals surface area contributed by atoms with Crippen molar-refractivity contribution in [3.05, 3.63) is 58.1 Å². The fourth-order valence-corrected chi connectivity index (χ4v) is 5.26. The average molecular weight is 481 g/mol. The number of fused-ring (bicyclic) bond motifs is 1. The Morgan fingerprint density at radius 3 is 2.52 bits per heavy atom. The van der Waals surface area contributed by atoms with Crippen LogP contribution in [0.15, 0.2) is 51.8 Å². The molecule has 1 amide bonds. The van der Waals surface area contributed by atoms with E-state index >= 15 is 0 Å². The van der Waals surface area contributed by atoms with Gasteiger partial charge < -0.3 is 14.8 Å². The van der Waals surface area contributed by atoms with Crippen molar-refractivity contribution in [1.29, 1.82) is 0 Å². The summed E-state index contributed by atoms with van der Waals surface area (Å²) in [5, 5.41) is 3.02. The number of sulfonamides is 1. The fraction of sp³-hybridized carbons (Fsp3) is 0.350. The van der Waals surface area contributed by atoms with Crippen LogP contribution in [0.25, 0.3) is 0 Å². The third-order valence-electron chi connectivity index (χ3n) is 5.04. The van der Waals surface area contributed by atoms with Gasteiger partial charge in [-0.05, 0) is 42.5 Å². The number of carbonyl (C=O) groups excluding carboxylic acids is 1. The van der Waals surface area contributed by atoms with Gasteiger partial charge >= 0.3 is 0 Å². The molecule has 29 heavy (non-hydrogen) atoms. The van der Waals surface area contributed by atoms with Crippen molar-refractivity contribution in [1.82, 2.24) is 9.62 Å². The normalized spacial score (nSPS) is 19.8. The summed E-state index contributed by atoms with van der Waals surface area (Å²) in [6, 6.07) is 11.6. The zero-order valence-corrected chi connectivity index (χ0v) is 18.0. The minimum absolute atomic E-state index is 0.166. The highest BCUT2D eigenvalue weighted by Gasteiger charge is 2.27. The Morgan fingerprint density at radius 1 is 1.07 bits per heavy atom. The third-order valence-corrected chi connectivity index (χ3v) is 7.45. The lowest BCUT2D eigenvalue weighted by molar-refractivity contribution is 0.0730. The lowest BCUT2D eigenvalue weighted by Gasteiger charge is -2.27. The number of nitrogens with one attached hydrogen (secondary N) is 1. The van der Waals surface area contributed by atoms with Crippen LogP contribution in [0.4, 0.5) is 0 Å². The Hall–Kier alpha value is -1.94. The molecule has 2 aromatic carbocycles. The van der Waals surface area contributed by atoms with E-state index in [0.717, 1.165) is 15.8 Å². The fourth-order valence-electron chi connectivity index (χ4n) is 3.47. The van der Waals surface area contributed by atoms with Crippen LogP contribution < -0.4 is 10.1 Å². The molecule has 0 spiro atoms. The van der Waals surface area contributed by atoms with Gasteiger partial charge in [0.05, 0.1) is 30.8 Å². The SMILES string of the molecule is O=C(NC1CCOc2ccc(Br)cc21)c1ccc(S(=O)(=O)N2CCOCC2)cc1. The van der Waals surface area contributed by atoms with Gasteiger partial charge in [-0.3, -0.25) is 4.79 Å². The summed E-state index contributed by atoms with van der Waals surface area (Å²) in [6.07, 6.45) is 0.665. The molecule has 154 valence electrons. The van der Waals surface area contributed by atoms with Crippen molar-refractivity contribution in [2.24, 2.45) is 0 Å². The predicted molar refractivity (Wildman–Crippen MR) is 110 cm³/mol. The van der Waals surface area contributed by atoms with Crippen molar-refractivity contribution in [3.8, 4) is 5.75 Å². The molecule has 1 N–H and O–H groups in total. The number of hydrogen-bond acceptors (Lipinski definition) is 5. The highest BCUT2D eigenvalue weighted by atomic mass is 79.9. The van der Waals surface area contributed by atoms with Gasteiger partial charge in [-0.15, -0.1) is 0 Å². The largest absolute Gasteiger partial charge is 0.493 e. The van der Waals surface area contributed by atoms with Gasteiger partial charge in [-0.1, -0.05) is 15.9 Å². The van der Waals surface area contributed by atoms with Gasteiger partial charge in [0.2, 0.25) is 10.0 Å². The Morgan fingerprint density at radius 2 is 1.79 bits per heavy atom. The lowest BCUT2D eigenvalue weighted by atomic mass is 10.00. The molecular formula is C20H21BrN2O5S. The van der Waals surface area contributed by atoms with Crippen molar-refractivity contribution in [2.45, 2.75) is 17.4 Å². The number of benzene rings is 2. The topological polar surface area (TPSA) is 84.9 Å². The minimum Gasteiger partial charge on any atom is -0.493 e. The van der Waals surface area contributed by atoms with Crippen LogP contribution in [-0.2, 0) is 14.8 Å². The number of hydrogen-bond donors (Lipinski definition) is 1. The molecule has 0 bridgehead atoms. The van der Waals surface area contributed by atoms with Crippen LogP contribution in [-0.4, -0.2) is 51.5 Å². The van der Waals surface area contributed by atoms with Gasteiger partial charge in [-0.25, -0.2) is 8.42 Å². The summed E-state index contributed by atoms with van der Waals surface area (Å²) in [5.74, 6) is 0.509. The first-order chi connectivity index (χ1) is 13.9. The maximum atomic E-state index is 12.7. The van der Waals surface area contributed by atoms with Gasteiger partial charge in [0.15, 0.2) is 0 Å². The molecule has 2 aromatic rings. The van der Waals surface area contributed by atoms with E-state index in [1.807, 2.05) is 18.2 Å². The number of amides is 1. The van der Waals surface area contributed by atoms with E-state index in [1.54, 1.807) is 12.1 Å². The number of halogens is 1. The molecule has 1 fully saturated rings. The standard InChI is InChI=1S/C20H21BrN2O5S/c21-15-3-6-19-17(13-15)18(7-10-28-19)22-20(24)14-1-4-16(5-2-14)29(25,26)23-8-11-27-12-9-23/h1-6,13,18H,7-12H2,(H,22,24). The molecular weight excluding hydrogens is 460 g/mol. The molecule has 1 saturated heterocycles. The molecule has 7 nitrogen and oxygen atoms in total. The second kappa shape index (κ2) is 8.43. The van der Waals surface area contributed by atoms with Gasteiger partial charge in [-0.2, -0.15) is 4.31 Å².